The topological polar surface area (TPSA) is 38.7 Å². The lowest BCUT2D eigenvalue weighted by Gasteiger charge is -2.27. The van der Waals surface area contributed by atoms with Crippen LogP contribution in [0.2, 0.25) is 0 Å². The average molecular weight is 265 g/mol. The van der Waals surface area contributed by atoms with Crippen LogP contribution >= 0.6 is 0 Å². The number of carbonyl (C=O) groups is 1. The van der Waals surface area contributed by atoms with Crippen molar-refractivity contribution in [3.63, 3.8) is 0 Å². The summed E-state index contributed by atoms with van der Waals surface area (Å²) >= 11 is 0. The molecule has 2 aromatic carbocycles. The molecule has 1 aliphatic rings. The highest BCUT2D eigenvalue weighted by atomic mass is 16.7. The summed E-state index contributed by atoms with van der Waals surface area (Å²) < 4.78 is 0. The van der Waals surface area contributed by atoms with E-state index in [9.17, 15) is 4.79 Å². The van der Waals surface area contributed by atoms with Crippen molar-refractivity contribution in [1.82, 2.24) is 0 Å². The third-order valence-electron chi connectivity index (χ3n) is 3.61. The first-order valence-corrected chi connectivity index (χ1v) is 6.59. The summed E-state index contributed by atoms with van der Waals surface area (Å²) in [5, 5.41) is 4.01. The standard InChI is InChI=1S/C17H15NO2/c1-13(19)16-12-17(20-18-16,14-8-4-2-5-9-14)15-10-6-3-7-11-15/h2-11H,12H2,1H3. The zero-order valence-electron chi connectivity index (χ0n) is 11.2. The van der Waals surface area contributed by atoms with Crippen molar-refractivity contribution in [2.24, 2.45) is 5.16 Å². The molecule has 0 atom stereocenters. The molecule has 1 heterocycles. The summed E-state index contributed by atoms with van der Waals surface area (Å²) in [6.07, 6.45) is 0.469. The lowest BCUT2D eigenvalue weighted by atomic mass is 9.82. The van der Waals surface area contributed by atoms with Crippen molar-refractivity contribution < 1.29 is 9.63 Å². The van der Waals surface area contributed by atoms with Gasteiger partial charge in [0.25, 0.3) is 0 Å². The normalized spacial score (nSPS) is 16.4. The van der Waals surface area contributed by atoms with E-state index in [0.29, 0.717) is 12.1 Å². The van der Waals surface area contributed by atoms with Crippen LogP contribution in [0.15, 0.2) is 65.8 Å². The molecule has 0 amide bonds. The Kier molecular flexibility index (Phi) is 3.11. The molecule has 1 aliphatic heterocycles. The second kappa shape index (κ2) is 4.93. The zero-order chi connectivity index (χ0) is 14.0. The van der Waals surface area contributed by atoms with Crippen LogP contribution in [-0.2, 0) is 15.2 Å². The summed E-state index contributed by atoms with van der Waals surface area (Å²) in [7, 11) is 0. The van der Waals surface area contributed by atoms with Gasteiger partial charge < -0.3 is 4.84 Å². The molecule has 20 heavy (non-hydrogen) atoms. The molecule has 0 N–H and O–H groups in total. The Morgan fingerprint density at radius 2 is 1.50 bits per heavy atom. The minimum atomic E-state index is -0.691. The fourth-order valence-electron chi connectivity index (χ4n) is 2.51. The fraction of sp³-hybridized carbons (Fsp3) is 0.176. The number of Topliss-reactive ketones (excluding diaryl/α,β-unsaturated/α-hetero) is 1. The van der Waals surface area contributed by atoms with Gasteiger partial charge in [-0.1, -0.05) is 65.8 Å². The Hall–Kier alpha value is -2.42. The van der Waals surface area contributed by atoms with Crippen molar-refractivity contribution in [3.05, 3.63) is 71.8 Å². The molecule has 0 aromatic heterocycles. The highest BCUT2D eigenvalue weighted by Gasteiger charge is 2.43. The molecule has 0 fully saturated rings. The van der Waals surface area contributed by atoms with E-state index in [1.165, 1.54) is 6.92 Å². The maximum absolute atomic E-state index is 11.6. The molecule has 0 saturated carbocycles. The van der Waals surface area contributed by atoms with Crippen molar-refractivity contribution in [2.75, 3.05) is 0 Å². The SMILES string of the molecule is CC(=O)C1=NOC(c2ccccc2)(c2ccccc2)C1. The summed E-state index contributed by atoms with van der Waals surface area (Å²) in [6, 6.07) is 19.8. The molecule has 100 valence electrons. The first-order chi connectivity index (χ1) is 9.72. The predicted molar refractivity (Wildman–Crippen MR) is 77.5 cm³/mol. The lowest BCUT2D eigenvalue weighted by molar-refractivity contribution is -0.111. The van der Waals surface area contributed by atoms with E-state index in [1.54, 1.807) is 0 Å². The van der Waals surface area contributed by atoms with Gasteiger partial charge in [0.2, 0.25) is 0 Å². The van der Waals surface area contributed by atoms with Gasteiger partial charge in [-0.25, -0.2) is 0 Å². The molecule has 0 aliphatic carbocycles. The fourth-order valence-corrected chi connectivity index (χ4v) is 2.51. The number of hydrogen-bond donors (Lipinski definition) is 0. The highest BCUT2D eigenvalue weighted by Crippen LogP contribution is 2.41. The number of nitrogens with zero attached hydrogens (tertiary/aromatic N) is 1. The maximum Gasteiger partial charge on any atom is 0.193 e. The lowest BCUT2D eigenvalue weighted by Crippen LogP contribution is -2.28. The van der Waals surface area contributed by atoms with Crippen molar-refractivity contribution in [3.8, 4) is 0 Å². The molecule has 3 rings (SSSR count). The molecule has 0 spiro atoms. The largest absolute Gasteiger partial charge is 0.379 e. The van der Waals surface area contributed by atoms with Gasteiger partial charge in [0, 0.05) is 24.5 Å². The van der Waals surface area contributed by atoms with Crippen LogP contribution in [0, 0.1) is 0 Å². The smallest absolute Gasteiger partial charge is 0.193 e. The van der Waals surface area contributed by atoms with Crippen molar-refractivity contribution >= 4 is 11.5 Å². The summed E-state index contributed by atoms with van der Waals surface area (Å²) in [4.78, 5) is 17.3. The van der Waals surface area contributed by atoms with Crippen LogP contribution in [0.5, 0.6) is 0 Å². The van der Waals surface area contributed by atoms with Crippen LogP contribution in [0.1, 0.15) is 24.5 Å². The number of benzene rings is 2. The summed E-state index contributed by atoms with van der Waals surface area (Å²) in [6.45, 7) is 1.52. The minimum Gasteiger partial charge on any atom is -0.379 e. The summed E-state index contributed by atoms with van der Waals surface area (Å²) in [5.74, 6) is -0.0428. The Bertz CT molecular complexity index is 608. The minimum absolute atomic E-state index is 0.0428. The Balaban J connectivity index is 2.09. The average Bonchev–Trinajstić information content (AvgIpc) is 2.96. The molecule has 2 aromatic rings. The molecule has 0 bridgehead atoms. The number of ketones is 1. The van der Waals surface area contributed by atoms with Crippen molar-refractivity contribution in [1.29, 1.82) is 0 Å². The van der Waals surface area contributed by atoms with E-state index in [4.69, 9.17) is 4.84 Å². The molecule has 3 heteroatoms. The van der Waals surface area contributed by atoms with Gasteiger partial charge in [-0.3, -0.25) is 4.79 Å². The van der Waals surface area contributed by atoms with Crippen LogP contribution < -0.4 is 0 Å². The molecule has 0 radical (unpaired) electrons. The van der Waals surface area contributed by atoms with Gasteiger partial charge in [0.15, 0.2) is 11.4 Å². The second-order valence-electron chi connectivity index (χ2n) is 4.92. The van der Waals surface area contributed by atoms with Gasteiger partial charge in [-0.15, -0.1) is 0 Å². The third-order valence-corrected chi connectivity index (χ3v) is 3.61. The zero-order valence-corrected chi connectivity index (χ0v) is 11.2. The molecule has 0 unspecified atom stereocenters. The quantitative estimate of drug-likeness (QED) is 0.854. The first-order valence-electron chi connectivity index (χ1n) is 6.59. The van der Waals surface area contributed by atoms with Crippen LogP contribution in [0.25, 0.3) is 0 Å². The van der Waals surface area contributed by atoms with E-state index in [-0.39, 0.29) is 5.78 Å². The van der Waals surface area contributed by atoms with E-state index in [2.05, 4.69) is 5.16 Å². The van der Waals surface area contributed by atoms with E-state index >= 15 is 0 Å². The molecular weight excluding hydrogens is 250 g/mol. The number of hydrogen-bond acceptors (Lipinski definition) is 3. The first kappa shape index (κ1) is 12.6. The van der Waals surface area contributed by atoms with Crippen LogP contribution in [-0.4, -0.2) is 11.5 Å². The number of oxime groups is 1. The van der Waals surface area contributed by atoms with E-state index in [1.807, 2.05) is 60.7 Å². The number of rotatable bonds is 3. The Morgan fingerprint density at radius 1 is 1.00 bits per heavy atom. The van der Waals surface area contributed by atoms with Gasteiger partial charge >= 0.3 is 0 Å². The predicted octanol–water partition coefficient (Wildman–Crippen LogP) is 3.30. The van der Waals surface area contributed by atoms with E-state index in [0.717, 1.165) is 11.1 Å². The van der Waals surface area contributed by atoms with Gasteiger partial charge in [0.1, 0.15) is 5.71 Å². The molecule has 0 saturated heterocycles. The molecule has 3 nitrogen and oxygen atoms in total. The number of carbonyl (C=O) groups excluding carboxylic acids is 1. The third kappa shape index (κ3) is 2.01. The maximum atomic E-state index is 11.6. The Morgan fingerprint density at radius 3 is 1.90 bits per heavy atom. The second-order valence-corrected chi connectivity index (χ2v) is 4.92. The van der Waals surface area contributed by atoms with Crippen LogP contribution in [0.4, 0.5) is 0 Å². The van der Waals surface area contributed by atoms with E-state index < -0.39 is 5.60 Å². The van der Waals surface area contributed by atoms with Crippen molar-refractivity contribution in [2.45, 2.75) is 18.9 Å². The van der Waals surface area contributed by atoms with Crippen LogP contribution in [0.3, 0.4) is 0 Å². The molecular formula is C17H15NO2. The highest BCUT2D eigenvalue weighted by molar-refractivity contribution is 6.39. The Labute approximate surface area is 117 Å². The van der Waals surface area contributed by atoms with Gasteiger partial charge in [-0.05, 0) is 0 Å². The van der Waals surface area contributed by atoms with Gasteiger partial charge in [-0.2, -0.15) is 0 Å². The van der Waals surface area contributed by atoms with Gasteiger partial charge in [0.05, 0.1) is 0 Å². The summed E-state index contributed by atoms with van der Waals surface area (Å²) in [5.41, 5.74) is 1.80. The monoisotopic (exact) mass is 265 g/mol.